The summed E-state index contributed by atoms with van der Waals surface area (Å²) in [6.45, 7) is 3.92. The number of carbonyl (C=O) groups is 2. The van der Waals surface area contributed by atoms with Crippen LogP contribution in [0.1, 0.15) is 17.5 Å². The lowest BCUT2D eigenvalue weighted by Crippen LogP contribution is -2.34. The third-order valence-electron chi connectivity index (χ3n) is 4.18. The first kappa shape index (κ1) is 18.4. The lowest BCUT2D eigenvalue weighted by atomic mass is 10.1. The second kappa shape index (κ2) is 7.45. The van der Waals surface area contributed by atoms with Crippen molar-refractivity contribution in [2.45, 2.75) is 37.0 Å². The van der Waals surface area contributed by atoms with Gasteiger partial charge in [-0.05, 0) is 49.7 Å². The molecule has 2 amide bonds. The fraction of sp³-hybridized carbons (Fsp3) is 0.263. The van der Waals surface area contributed by atoms with Crippen LogP contribution < -0.4 is 10.2 Å². The molecule has 4 nitrogen and oxygen atoms in total. The number of carbonyl (C=O) groups excluding carboxylic acids is 2. The molecule has 3 rings (SSSR count). The molecule has 2 aromatic carbocycles. The molecular formula is C19H18F2N2O2S. The molecule has 1 heterocycles. The van der Waals surface area contributed by atoms with E-state index in [-0.39, 0.29) is 18.2 Å². The maximum absolute atomic E-state index is 12.7. The van der Waals surface area contributed by atoms with Gasteiger partial charge in [0.2, 0.25) is 5.91 Å². The van der Waals surface area contributed by atoms with E-state index in [0.29, 0.717) is 22.3 Å². The van der Waals surface area contributed by atoms with Crippen LogP contribution in [0.3, 0.4) is 0 Å². The van der Waals surface area contributed by atoms with Crippen molar-refractivity contribution in [1.29, 1.82) is 0 Å². The monoisotopic (exact) mass is 376 g/mol. The largest absolute Gasteiger partial charge is 0.373 e. The van der Waals surface area contributed by atoms with Gasteiger partial charge in [-0.3, -0.25) is 9.59 Å². The van der Waals surface area contributed by atoms with E-state index in [9.17, 15) is 18.4 Å². The van der Waals surface area contributed by atoms with Crippen LogP contribution in [0.2, 0.25) is 0 Å². The second-order valence-corrected chi connectivity index (χ2v) is 7.22. The van der Waals surface area contributed by atoms with E-state index in [4.69, 9.17) is 0 Å². The third-order valence-corrected chi connectivity index (χ3v) is 4.90. The SMILES string of the molecule is Cc1ccc(N[C@@H]2CC(=O)N(c3ccc(SC(F)F)cc3)C2=O)c(C)c1. The number of hydrogen-bond donors (Lipinski definition) is 1. The highest BCUT2D eigenvalue weighted by Crippen LogP contribution is 2.30. The van der Waals surface area contributed by atoms with Gasteiger partial charge in [0.25, 0.3) is 11.7 Å². The molecule has 2 aromatic rings. The standard InChI is InChI=1S/C19H18F2N2O2S/c1-11-3-8-15(12(2)9-11)22-16-10-17(24)23(18(16)25)13-4-6-14(7-5-13)26-19(20)21/h3-9,16,19,22H,10H2,1-2H3/t16-/m1/s1. The summed E-state index contributed by atoms with van der Waals surface area (Å²) in [6, 6.07) is 11.2. The number of amides is 2. The molecule has 0 aliphatic carbocycles. The molecule has 1 N–H and O–H groups in total. The molecule has 0 bridgehead atoms. The van der Waals surface area contributed by atoms with Crippen molar-refractivity contribution in [2.24, 2.45) is 0 Å². The van der Waals surface area contributed by atoms with E-state index >= 15 is 0 Å². The molecule has 0 spiro atoms. The fourth-order valence-corrected chi connectivity index (χ4v) is 3.45. The highest BCUT2D eigenvalue weighted by atomic mass is 32.2. The van der Waals surface area contributed by atoms with E-state index in [1.165, 1.54) is 24.3 Å². The van der Waals surface area contributed by atoms with E-state index in [2.05, 4.69) is 5.32 Å². The molecule has 26 heavy (non-hydrogen) atoms. The second-order valence-electron chi connectivity index (χ2n) is 6.16. The van der Waals surface area contributed by atoms with Crippen molar-refractivity contribution in [1.82, 2.24) is 0 Å². The minimum atomic E-state index is -2.51. The molecule has 0 unspecified atom stereocenters. The van der Waals surface area contributed by atoms with Crippen molar-refractivity contribution in [2.75, 3.05) is 10.2 Å². The molecule has 1 atom stereocenters. The van der Waals surface area contributed by atoms with Crippen LogP contribution in [-0.2, 0) is 9.59 Å². The predicted molar refractivity (Wildman–Crippen MR) is 98.7 cm³/mol. The first-order chi connectivity index (χ1) is 12.3. The average Bonchev–Trinajstić information content (AvgIpc) is 2.84. The van der Waals surface area contributed by atoms with Crippen LogP contribution in [0.15, 0.2) is 47.4 Å². The van der Waals surface area contributed by atoms with Crippen LogP contribution in [0, 0.1) is 13.8 Å². The normalized spacial score (nSPS) is 17.3. The van der Waals surface area contributed by atoms with Gasteiger partial charge in [0.1, 0.15) is 6.04 Å². The minimum absolute atomic E-state index is 0.0552. The summed E-state index contributed by atoms with van der Waals surface area (Å²) in [5.74, 6) is -3.17. The van der Waals surface area contributed by atoms with Gasteiger partial charge in [0.15, 0.2) is 0 Å². The zero-order valence-corrected chi connectivity index (χ0v) is 15.1. The quantitative estimate of drug-likeness (QED) is 0.622. The van der Waals surface area contributed by atoms with Gasteiger partial charge in [0.05, 0.1) is 12.1 Å². The van der Waals surface area contributed by atoms with Gasteiger partial charge in [-0.15, -0.1) is 0 Å². The van der Waals surface area contributed by atoms with Crippen LogP contribution in [-0.4, -0.2) is 23.6 Å². The summed E-state index contributed by atoms with van der Waals surface area (Å²) in [7, 11) is 0. The molecular weight excluding hydrogens is 358 g/mol. The Balaban J connectivity index is 1.76. The Bertz CT molecular complexity index is 840. The Morgan fingerprint density at radius 1 is 1.12 bits per heavy atom. The van der Waals surface area contributed by atoms with Crippen LogP contribution in [0.25, 0.3) is 0 Å². The third kappa shape index (κ3) is 3.88. The number of halogens is 2. The Hall–Kier alpha value is -2.41. The number of benzene rings is 2. The number of imide groups is 1. The summed E-state index contributed by atoms with van der Waals surface area (Å²) >= 11 is 0.422. The smallest absolute Gasteiger partial charge is 0.288 e. The Kier molecular flexibility index (Phi) is 5.27. The van der Waals surface area contributed by atoms with Crippen molar-refractivity contribution in [3.8, 4) is 0 Å². The van der Waals surface area contributed by atoms with Crippen LogP contribution >= 0.6 is 11.8 Å². The maximum atomic E-state index is 12.7. The van der Waals surface area contributed by atoms with Crippen molar-refractivity contribution >= 4 is 35.0 Å². The number of nitrogens with one attached hydrogen (secondary N) is 1. The van der Waals surface area contributed by atoms with Crippen molar-refractivity contribution in [3.05, 3.63) is 53.6 Å². The number of rotatable bonds is 5. The number of aryl methyl sites for hydroxylation is 2. The molecule has 7 heteroatoms. The maximum Gasteiger partial charge on any atom is 0.288 e. The van der Waals surface area contributed by atoms with E-state index < -0.39 is 11.8 Å². The minimum Gasteiger partial charge on any atom is -0.373 e. The number of nitrogens with zero attached hydrogens (tertiary/aromatic N) is 1. The van der Waals surface area contributed by atoms with Gasteiger partial charge in [-0.1, -0.05) is 29.5 Å². The fourth-order valence-electron chi connectivity index (χ4n) is 2.96. The molecule has 0 radical (unpaired) electrons. The molecule has 0 aromatic heterocycles. The molecule has 0 saturated carbocycles. The number of hydrogen-bond acceptors (Lipinski definition) is 4. The summed E-state index contributed by atoms with van der Waals surface area (Å²) in [4.78, 5) is 26.5. The zero-order valence-electron chi connectivity index (χ0n) is 14.3. The predicted octanol–water partition coefficient (Wildman–Crippen LogP) is 4.36. The van der Waals surface area contributed by atoms with Crippen molar-refractivity contribution < 1.29 is 18.4 Å². The van der Waals surface area contributed by atoms with E-state index in [1.54, 1.807) is 0 Å². The zero-order chi connectivity index (χ0) is 18.8. The number of anilines is 2. The van der Waals surface area contributed by atoms with Gasteiger partial charge in [-0.2, -0.15) is 8.78 Å². The number of alkyl halides is 2. The molecule has 1 aliphatic rings. The molecule has 1 saturated heterocycles. The lowest BCUT2D eigenvalue weighted by molar-refractivity contribution is -0.121. The molecule has 1 aliphatic heterocycles. The Morgan fingerprint density at radius 2 is 1.81 bits per heavy atom. The highest BCUT2D eigenvalue weighted by Gasteiger charge is 2.39. The summed E-state index contributed by atoms with van der Waals surface area (Å²) in [5, 5.41) is 3.14. The Morgan fingerprint density at radius 3 is 2.42 bits per heavy atom. The number of thioether (sulfide) groups is 1. The highest BCUT2D eigenvalue weighted by molar-refractivity contribution is 7.99. The van der Waals surface area contributed by atoms with Crippen molar-refractivity contribution in [3.63, 3.8) is 0 Å². The van der Waals surface area contributed by atoms with Crippen LogP contribution in [0.4, 0.5) is 20.2 Å². The lowest BCUT2D eigenvalue weighted by Gasteiger charge is -2.17. The summed E-state index contributed by atoms with van der Waals surface area (Å²) in [5.41, 5.74) is 3.32. The van der Waals surface area contributed by atoms with Gasteiger partial charge in [0, 0.05) is 10.6 Å². The summed E-state index contributed by atoms with van der Waals surface area (Å²) in [6.07, 6.45) is 0.0552. The molecule has 1 fully saturated rings. The topological polar surface area (TPSA) is 49.4 Å². The van der Waals surface area contributed by atoms with Gasteiger partial charge in [-0.25, -0.2) is 4.90 Å². The van der Waals surface area contributed by atoms with Gasteiger partial charge >= 0.3 is 0 Å². The molecule has 136 valence electrons. The van der Waals surface area contributed by atoms with Gasteiger partial charge < -0.3 is 5.32 Å². The van der Waals surface area contributed by atoms with E-state index in [1.807, 2.05) is 32.0 Å². The first-order valence-electron chi connectivity index (χ1n) is 8.10. The van der Waals surface area contributed by atoms with Crippen LogP contribution in [0.5, 0.6) is 0 Å². The average molecular weight is 376 g/mol. The first-order valence-corrected chi connectivity index (χ1v) is 8.98. The van der Waals surface area contributed by atoms with E-state index in [0.717, 1.165) is 21.7 Å². The Labute approximate surface area is 154 Å². The summed E-state index contributed by atoms with van der Waals surface area (Å²) < 4.78 is 24.8.